The molecule has 0 spiro atoms. The average Bonchev–Trinajstić information content (AvgIpc) is 2.17. The lowest BCUT2D eigenvalue weighted by atomic mass is 10.0. The quantitative estimate of drug-likeness (QED) is 0.363. The molecule has 0 N–H and O–H groups in total. The molecule has 1 nitrogen and oxygen atoms in total. The second kappa shape index (κ2) is 8.09. The molecule has 0 heterocycles. The number of carbonyl (C=O) groups excluding carboxylic acids is 1. The van der Waals surface area contributed by atoms with E-state index in [2.05, 4.69) is 32.9 Å². The summed E-state index contributed by atoms with van der Waals surface area (Å²) < 4.78 is 0. The first-order valence-electron chi connectivity index (χ1n) is 5.88. The summed E-state index contributed by atoms with van der Waals surface area (Å²) in [4.78, 5) is 10.8. The summed E-state index contributed by atoms with van der Waals surface area (Å²) in [5.74, 6) is 0. The van der Waals surface area contributed by atoms with Crippen LogP contribution in [0.1, 0.15) is 53.9 Å². The SMILES string of the molecule is CC(C)=CCCC(C)=CCC(C=O)=C(C)C. The van der Waals surface area contributed by atoms with Crippen LogP contribution in [-0.4, -0.2) is 6.29 Å². The van der Waals surface area contributed by atoms with Gasteiger partial charge in [0.1, 0.15) is 6.29 Å². The minimum atomic E-state index is 0.770. The maximum atomic E-state index is 10.8. The van der Waals surface area contributed by atoms with E-state index >= 15 is 0 Å². The van der Waals surface area contributed by atoms with Gasteiger partial charge in [0.15, 0.2) is 0 Å². The zero-order chi connectivity index (χ0) is 12.6. The van der Waals surface area contributed by atoms with Gasteiger partial charge in [0, 0.05) is 0 Å². The molecule has 0 unspecified atom stereocenters. The highest BCUT2D eigenvalue weighted by molar-refractivity contribution is 5.74. The minimum absolute atomic E-state index is 0.770. The molecule has 0 radical (unpaired) electrons. The smallest absolute Gasteiger partial charge is 0.146 e. The van der Waals surface area contributed by atoms with Gasteiger partial charge in [-0.3, -0.25) is 4.79 Å². The number of hydrogen-bond acceptors (Lipinski definition) is 1. The van der Waals surface area contributed by atoms with Gasteiger partial charge in [0.2, 0.25) is 0 Å². The van der Waals surface area contributed by atoms with E-state index in [1.807, 2.05) is 13.8 Å². The number of aldehydes is 1. The van der Waals surface area contributed by atoms with Gasteiger partial charge in [-0.2, -0.15) is 0 Å². The number of hydrogen-bond donors (Lipinski definition) is 0. The van der Waals surface area contributed by atoms with Crippen LogP contribution < -0.4 is 0 Å². The standard InChI is InChI=1S/C15H24O/c1-12(2)7-6-8-14(5)9-10-15(11-16)13(3)4/h7,9,11H,6,8,10H2,1-5H3. The Balaban J connectivity index is 4.19. The average molecular weight is 220 g/mol. The Labute approximate surface area is 99.9 Å². The number of carbonyl (C=O) groups is 1. The summed E-state index contributed by atoms with van der Waals surface area (Å²) in [7, 11) is 0. The summed E-state index contributed by atoms with van der Waals surface area (Å²) >= 11 is 0. The first-order chi connectivity index (χ1) is 7.47. The summed E-state index contributed by atoms with van der Waals surface area (Å²) in [6.45, 7) is 10.3. The van der Waals surface area contributed by atoms with Gasteiger partial charge in [-0.05, 0) is 59.5 Å². The van der Waals surface area contributed by atoms with E-state index in [1.54, 1.807) is 0 Å². The molecule has 0 rings (SSSR count). The van der Waals surface area contributed by atoms with Gasteiger partial charge in [0.05, 0.1) is 0 Å². The monoisotopic (exact) mass is 220 g/mol. The van der Waals surface area contributed by atoms with E-state index < -0.39 is 0 Å². The second-order valence-electron chi connectivity index (χ2n) is 4.72. The Bertz CT molecular complexity index is 308. The van der Waals surface area contributed by atoms with Crippen molar-refractivity contribution in [1.82, 2.24) is 0 Å². The zero-order valence-corrected chi connectivity index (χ0v) is 11.3. The van der Waals surface area contributed by atoms with Crippen molar-refractivity contribution in [1.29, 1.82) is 0 Å². The molecule has 0 aromatic carbocycles. The highest BCUT2D eigenvalue weighted by atomic mass is 16.1. The van der Waals surface area contributed by atoms with E-state index in [0.29, 0.717) is 0 Å². The highest BCUT2D eigenvalue weighted by Gasteiger charge is 1.96. The molecule has 0 fully saturated rings. The molecule has 16 heavy (non-hydrogen) atoms. The van der Waals surface area contributed by atoms with Crippen LogP contribution in [0.4, 0.5) is 0 Å². The van der Waals surface area contributed by atoms with Crippen molar-refractivity contribution in [3.05, 3.63) is 34.4 Å². The first-order valence-corrected chi connectivity index (χ1v) is 5.88. The van der Waals surface area contributed by atoms with Gasteiger partial charge in [-0.15, -0.1) is 0 Å². The van der Waals surface area contributed by atoms with Crippen LogP contribution in [0.25, 0.3) is 0 Å². The van der Waals surface area contributed by atoms with Gasteiger partial charge in [0.25, 0.3) is 0 Å². The van der Waals surface area contributed by atoms with Crippen LogP contribution in [0.5, 0.6) is 0 Å². The van der Waals surface area contributed by atoms with Crippen molar-refractivity contribution in [2.45, 2.75) is 53.9 Å². The lowest BCUT2D eigenvalue weighted by molar-refractivity contribution is -0.105. The summed E-state index contributed by atoms with van der Waals surface area (Å²) in [6, 6.07) is 0. The molecule has 0 atom stereocenters. The Morgan fingerprint density at radius 1 is 1.00 bits per heavy atom. The third kappa shape index (κ3) is 7.22. The maximum absolute atomic E-state index is 10.8. The minimum Gasteiger partial charge on any atom is -0.298 e. The third-order valence-electron chi connectivity index (χ3n) is 2.55. The Kier molecular flexibility index (Phi) is 7.53. The van der Waals surface area contributed by atoms with E-state index in [9.17, 15) is 4.79 Å². The van der Waals surface area contributed by atoms with Crippen LogP contribution in [0.3, 0.4) is 0 Å². The summed E-state index contributed by atoms with van der Waals surface area (Å²) in [5.41, 5.74) is 4.74. The lowest BCUT2D eigenvalue weighted by Crippen LogP contribution is -1.87. The molecule has 0 amide bonds. The first kappa shape index (κ1) is 14.9. The van der Waals surface area contributed by atoms with Crippen molar-refractivity contribution >= 4 is 6.29 Å². The summed E-state index contributed by atoms with van der Waals surface area (Å²) in [6.07, 6.45) is 8.33. The van der Waals surface area contributed by atoms with Crippen molar-refractivity contribution < 1.29 is 4.79 Å². The Hall–Kier alpha value is -1.11. The largest absolute Gasteiger partial charge is 0.298 e. The van der Waals surface area contributed by atoms with Gasteiger partial charge < -0.3 is 0 Å². The van der Waals surface area contributed by atoms with E-state index in [-0.39, 0.29) is 0 Å². The molecule has 90 valence electrons. The van der Waals surface area contributed by atoms with Crippen LogP contribution in [0.2, 0.25) is 0 Å². The number of rotatable bonds is 6. The van der Waals surface area contributed by atoms with Crippen molar-refractivity contribution in [2.24, 2.45) is 0 Å². The molecule has 0 saturated carbocycles. The third-order valence-corrected chi connectivity index (χ3v) is 2.55. The molecular formula is C15H24O. The molecule has 0 saturated heterocycles. The fourth-order valence-electron chi connectivity index (χ4n) is 1.34. The zero-order valence-electron chi connectivity index (χ0n) is 11.3. The fraction of sp³-hybridized carbons (Fsp3) is 0.533. The van der Waals surface area contributed by atoms with Crippen LogP contribution in [0.15, 0.2) is 34.4 Å². The van der Waals surface area contributed by atoms with Crippen LogP contribution in [-0.2, 0) is 4.79 Å². The second-order valence-corrected chi connectivity index (χ2v) is 4.72. The molecule has 0 aliphatic heterocycles. The Morgan fingerprint density at radius 2 is 1.62 bits per heavy atom. The predicted octanol–water partition coefficient (Wildman–Crippen LogP) is 4.60. The topological polar surface area (TPSA) is 17.1 Å². The molecule has 1 heteroatoms. The van der Waals surface area contributed by atoms with Crippen LogP contribution >= 0.6 is 0 Å². The van der Waals surface area contributed by atoms with Crippen molar-refractivity contribution in [2.75, 3.05) is 0 Å². The Morgan fingerprint density at radius 3 is 2.06 bits per heavy atom. The van der Waals surface area contributed by atoms with E-state index in [4.69, 9.17) is 0 Å². The van der Waals surface area contributed by atoms with E-state index in [1.165, 1.54) is 11.1 Å². The molecular weight excluding hydrogens is 196 g/mol. The fourth-order valence-corrected chi connectivity index (χ4v) is 1.34. The van der Waals surface area contributed by atoms with Crippen molar-refractivity contribution in [3.63, 3.8) is 0 Å². The van der Waals surface area contributed by atoms with Gasteiger partial charge >= 0.3 is 0 Å². The van der Waals surface area contributed by atoms with Crippen molar-refractivity contribution in [3.8, 4) is 0 Å². The maximum Gasteiger partial charge on any atom is 0.146 e. The molecule has 0 bridgehead atoms. The lowest BCUT2D eigenvalue weighted by Gasteiger charge is -2.01. The number of allylic oxidation sites excluding steroid dienone is 6. The normalized spacial score (nSPS) is 10.9. The molecule has 0 aromatic rings. The molecule has 0 aliphatic carbocycles. The van der Waals surface area contributed by atoms with Gasteiger partial charge in [-0.1, -0.05) is 28.9 Å². The predicted molar refractivity (Wildman–Crippen MR) is 71.5 cm³/mol. The van der Waals surface area contributed by atoms with Gasteiger partial charge in [-0.25, -0.2) is 0 Å². The summed E-state index contributed by atoms with van der Waals surface area (Å²) in [5, 5.41) is 0. The molecule has 0 aromatic heterocycles. The highest BCUT2D eigenvalue weighted by Crippen LogP contribution is 2.12. The van der Waals surface area contributed by atoms with E-state index in [0.717, 1.165) is 36.7 Å². The molecule has 0 aliphatic rings. The van der Waals surface area contributed by atoms with Crippen LogP contribution in [0, 0.1) is 0 Å².